The lowest BCUT2D eigenvalue weighted by molar-refractivity contribution is -0.117. The van der Waals surface area contributed by atoms with Crippen LogP contribution in [-0.2, 0) is 4.79 Å². The molecule has 3 rings (SSSR count). The molecule has 0 saturated carbocycles. The number of nitrogens with zero attached hydrogens (tertiary/aromatic N) is 3. The Hall–Kier alpha value is -3.62. The molecule has 8 nitrogen and oxygen atoms in total. The molecule has 0 atom stereocenters. The number of benzene rings is 2. The van der Waals surface area contributed by atoms with Crippen LogP contribution in [0.2, 0.25) is 0 Å². The number of urea groups is 1. The van der Waals surface area contributed by atoms with E-state index in [1.807, 2.05) is 45.0 Å². The van der Waals surface area contributed by atoms with Crippen LogP contribution in [0.1, 0.15) is 31.1 Å². The van der Waals surface area contributed by atoms with E-state index < -0.39 is 5.82 Å². The van der Waals surface area contributed by atoms with Gasteiger partial charge in [0.25, 0.3) is 5.91 Å². The molecule has 34 heavy (non-hydrogen) atoms. The molecular formula is C25H32FN5O3. The van der Waals surface area contributed by atoms with Crippen LogP contribution in [0.3, 0.4) is 0 Å². The summed E-state index contributed by atoms with van der Waals surface area (Å²) in [4.78, 5) is 42.5. The van der Waals surface area contributed by atoms with Crippen molar-refractivity contribution in [1.82, 2.24) is 15.1 Å². The molecular weight excluding hydrogens is 437 g/mol. The van der Waals surface area contributed by atoms with E-state index in [0.29, 0.717) is 38.4 Å². The van der Waals surface area contributed by atoms with Gasteiger partial charge in [-0.15, -0.1) is 0 Å². The molecule has 1 heterocycles. The highest BCUT2D eigenvalue weighted by molar-refractivity contribution is 5.95. The molecule has 4 amide bonds. The fraction of sp³-hybridized carbons (Fsp3) is 0.400. The van der Waals surface area contributed by atoms with Crippen LogP contribution in [0.4, 0.5) is 20.6 Å². The van der Waals surface area contributed by atoms with Gasteiger partial charge in [-0.25, -0.2) is 9.18 Å². The Morgan fingerprint density at radius 2 is 1.65 bits per heavy atom. The van der Waals surface area contributed by atoms with Gasteiger partial charge in [0.05, 0.1) is 5.56 Å². The zero-order valence-electron chi connectivity index (χ0n) is 19.9. The number of anilines is 2. The van der Waals surface area contributed by atoms with Crippen molar-refractivity contribution >= 4 is 29.2 Å². The molecule has 1 saturated heterocycles. The molecule has 0 unspecified atom stereocenters. The third-order valence-electron chi connectivity index (χ3n) is 5.71. The molecule has 9 heteroatoms. The quantitative estimate of drug-likeness (QED) is 0.652. The molecule has 2 aromatic carbocycles. The van der Waals surface area contributed by atoms with E-state index >= 15 is 0 Å². The summed E-state index contributed by atoms with van der Waals surface area (Å²) in [5.41, 5.74) is 1.71. The maximum Gasteiger partial charge on any atom is 0.318 e. The van der Waals surface area contributed by atoms with Crippen molar-refractivity contribution in [3.8, 4) is 0 Å². The standard InChI is InChI=1S/C25H32FN5O3/c1-4-27-25(34)31(18(2)3)17-23(32)28-19-9-11-20(12-10-19)29-13-15-30(16-14-29)24(33)21-7-5-6-8-22(21)26/h5-12,18H,4,13-17H2,1-3H3,(H,27,34)(H,28,32). The molecule has 1 fully saturated rings. The number of nitrogens with one attached hydrogen (secondary N) is 2. The molecule has 0 aliphatic carbocycles. The number of hydrogen-bond acceptors (Lipinski definition) is 4. The van der Waals surface area contributed by atoms with Crippen molar-refractivity contribution in [3.63, 3.8) is 0 Å². The predicted molar refractivity (Wildman–Crippen MR) is 131 cm³/mol. The Morgan fingerprint density at radius 1 is 1.00 bits per heavy atom. The van der Waals surface area contributed by atoms with Gasteiger partial charge in [-0.3, -0.25) is 9.59 Å². The highest BCUT2D eigenvalue weighted by atomic mass is 19.1. The summed E-state index contributed by atoms with van der Waals surface area (Å²) < 4.78 is 13.9. The predicted octanol–water partition coefficient (Wildman–Crippen LogP) is 3.17. The molecule has 2 aromatic rings. The molecule has 0 spiro atoms. The highest BCUT2D eigenvalue weighted by Crippen LogP contribution is 2.21. The lowest BCUT2D eigenvalue weighted by Gasteiger charge is -2.36. The number of hydrogen-bond donors (Lipinski definition) is 2. The number of piperazine rings is 1. The van der Waals surface area contributed by atoms with E-state index in [4.69, 9.17) is 0 Å². The Kier molecular flexibility index (Phi) is 8.45. The van der Waals surface area contributed by atoms with Gasteiger partial charge in [0.1, 0.15) is 12.4 Å². The minimum absolute atomic E-state index is 0.0384. The van der Waals surface area contributed by atoms with E-state index in [1.54, 1.807) is 17.0 Å². The average molecular weight is 470 g/mol. The topological polar surface area (TPSA) is 85.0 Å². The van der Waals surface area contributed by atoms with Crippen LogP contribution >= 0.6 is 0 Å². The lowest BCUT2D eigenvalue weighted by Crippen LogP contribution is -2.49. The molecule has 2 N–H and O–H groups in total. The SMILES string of the molecule is CCNC(=O)N(CC(=O)Nc1ccc(N2CCN(C(=O)c3ccccc3F)CC2)cc1)C(C)C. The Labute approximate surface area is 199 Å². The van der Waals surface area contributed by atoms with E-state index in [2.05, 4.69) is 15.5 Å². The maximum atomic E-state index is 13.9. The average Bonchev–Trinajstić information content (AvgIpc) is 2.83. The van der Waals surface area contributed by atoms with Gasteiger partial charge >= 0.3 is 6.03 Å². The van der Waals surface area contributed by atoms with Crippen LogP contribution in [0, 0.1) is 5.82 Å². The number of rotatable bonds is 7. The number of halogens is 1. The van der Waals surface area contributed by atoms with Gasteiger partial charge < -0.3 is 25.3 Å². The summed E-state index contributed by atoms with van der Waals surface area (Å²) in [5, 5.41) is 5.55. The largest absolute Gasteiger partial charge is 0.368 e. The fourth-order valence-electron chi connectivity index (χ4n) is 3.83. The van der Waals surface area contributed by atoms with Crippen LogP contribution < -0.4 is 15.5 Å². The Morgan fingerprint density at radius 3 is 2.24 bits per heavy atom. The minimum Gasteiger partial charge on any atom is -0.368 e. The molecule has 1 aliphatic heterocycles. The van der Waals surface area contributed by atoms with Gasteiger partial charge in [0.15, 0.2) is 0 Å². The van der Waals surface area contributed by atoms with Crippen molar-refractivity contribution in [1.29, 1.82) is 0 Å². The summed E-state index contributed by atoms with van der Waals surface area (Å²) >= 11 is 0. The van der Waals surface area contributed by atoms with Gasteiger partial charge in [0, 0.05) is 50.1 Å². The monoisotopic (exact) mass is 469 g/mol. The number of carbonyl (C=O) groups excluding carboxylic acids is 3. The van der Waals surface area contributed by atoms with Gasteiger partial charge in [-0.2, -0.15) is 0 Å². The Bertz CT molecular complexity index is 1000. The van der Waals surface area contributed by atoms with Gasteiger partial charge in [-0.1, -0.05) is 12.1 Å². The second-order valence-electron chi connectivity index (χ2n) is 8.41. The van der Waals surface area contributed by atoms with Crippen molar-refractivity contribution in [3.05, 3.63) is 59.9 Å². The lowest BCUT2D eigenvalue weighted by atomic mass is 10.1. The zero-order valence-corrected chi connectivity index (χ0v) is 19.9. The van der Waals surface area contributed by atoms with E-state index in [1.165, 1.54) is 17.0 Å². The summed E-state index contributed by atoms with van der Waals surface area (Å²) in [7, 11) is 0. The second-order valence-corrected chi connectivity index (χ2v) is 8.41. The summed E-state index contributed by atoms with van der Waals surface area (Å²) in [6.07, 6.45) is 0. The summed E-state index contributed by atoms with van der Waals surface area (Å²) in [5.74, 6) is -1.07. The van der Waals surface area contributed by atoms with Crippen LogP contribution in [0.5, 0.6) is 0 Å². The van der Waals surface area contributed by atoms with Crippen molar-refractivity contribution in [2.45, 2.75) is 26.8 Å². The molecule has 182 valence electrons. The molecule has 0 aromatic heterocycles. The minimum atomic E-state index is -0.505. The second kappa shape index (κ2) is 11.5. The van der Waals surface area contributed by atoms with Crippen LogP contribution in [0.15, 0.2) is 48.5 Å². The normalized spacial score (nSPS) is 13.6. The molecule has 1 aliphatic rings. The van der Waals surface area contributed by atoms with Gasteiger partial charge in [0.2, 0.25) is 5.91 Å². The van der Waals surface area contributed by atoms with Crippen molar-refractivity contribution in [2.24, 2.45) is 0 Å². The third-order valence-corrected chi connectivity index (χ3v) is 5.71. The Balaban J connectivity index is 1.53. The molecule has 0 radical (unpaired) electrons. The van der Waals surface area contributed by atoms with Crippen LogP contribution in [-0.4, -0.2) is 73.0 Å². The van der Waals surface area contributed by atoms with Crippen molar-refractivity contribution < 1.29 is 18.8 Å². The molecule has 0 bridgehead atoms. The van der Waals surface area contributed by atoms with Gasteiger partial charge in [-0.05, 0) is 57.2 Å². The van der Waals surface area contributed by atoms with Crippen molar-refractivity contribution in [2.75, 3.05) is 49.5 Å². The van der Waals surface area contributed by atoms with E-state index in [0.717, 1.165) is 5.69 Å². The first-order valence-corrected chi connectivity index (χ1v) is 11.5. The fourth-order valence-corrected chi connectivity index (χ4v) is 3.83. The van der Waals surface area contributed by atoms with E-state index in [-0.39, 0.29) is 36.0 Å². The first kappa shape index (κ1) is 25.0. The first-order valence-electron chi connectivity index (χ1n) is 11.5. The van der Waals surface area contributed by atoms with Crippen LogP contribution in [0.25, 0.3) is 0 Å². The first-order chi connectivity index (χ1) is 16.3. The number of amides is 4. The summed E-state index contributed by atoms with van der Waals surface area (Å²) in [6.45, 7) is 8.26. The smallest absolute Gasteiger partial charge is 0.318 e. The maximum absolute atomic E-state index is 13.9. The third kappa shape index (κ3) is 6.24. The van der Waals surface area contributed by atoms with E-state index in [9.17, 15) is 18.8 Å². The zero-order chi connectivity index (χ0) is 24.7. The highest BCUT2D eigenvalue weighted by Gasteiger charge is 2.24. The number of carbonyl (C=O) groups is 3. The summed E-state index contributed by atoms with van der Waals surface area (Å²) in [6, 6.07) is 13.1.